The Morgan fingerprint density at radius 1 is 1.06 bits per heavy atom. The summed E-state index contributed by atoms with van der Waals surface area (Å²) in [5, 5.41) is 2.98. The first-order valence-corrected chi connectivity index (χ1v) is 10.7. The van der Waals surface area contributed by atoms with Gasteiger partial charge in [-0.2, -0.15) is 0 Å². The van der Waals surface area contributed by atoms with Crippen LogP contribution in [0.1, 0.15) is 36.6 Å². The Hall–Kier alpha value is -3.48. The van der Waals surface area contributed by atoms with E-state index in [0.717, 1.165) is 16.7 Å². The number of amides is 2. The van der Waals surface area contributed by atoms with Crippen LogP contribution in [-0.4, -0.2) is 43.8 Å². The van der Waals surface area contributed by atoms with E-state index in [1.807, 2.05) is 39.0 Å². The fourth-order valence-corrected chi connectivity index (χ4v) is 3.85. The summed E-state index contributed by atoms with van der Waals surface area (Å²) in [7, 11) is 1.60. The topological polar surface area (TPSA) is 77.1 Å². The summed E-state index contributed by atoms with van der Waals surface area (Å²) in [5.41, 5.74) is 3.82. The van der Waals surface area contributed by atoms with Crippen LogP contribution in [0.2, 0.25) is 0 Å². The number of benzene rings is 2. The molecule has 3 rings (SSSR count). The van der Waals surface area contributed by atoms with Crippen molar-refractivity contribution in [2.45, 2.75) is 33.7 Å². The van der Waals surface area contributed by atoms with E-state index in [9.17, 15) is 9.59 Å². The van der Waals surface area contributed by atoms with Crippen LogP contribution in [0.15, 0.2) is 53.7 Å². The molecule has 0 saturated heterocycles. The molecule has 1 aliphatic rings. The number of nitrogens with zero attached hydrogens (tertiary/aromatic N) is 1. The normalized spacial score (nSPS) is 16.0. The van der Waals surface area contributed by atoms with Crippen LogP contribution >= 0.6 is 0 Å². The predicted molar refractivity (Wildman–Crippen MR) is 122 cm³/mol. The lowest BCUT2D eigenvalue weighted by atomic mass is 9.91. The number of hydrogen-bond donors (Lipinski definition) is 1. The highest BCUT2D eigenvalue weighted by Gasteiger charge is 2.38. The van der Waals surface area contributed by atoms with E-state index in [1.165, 1.54) is 4.90 Å². The third-order valence-corrected chi connectivity index (χ3v) is 5.42. The Morgan fingerprint density at radius 2 is 1.75 bits per heavy atom. The molecule has 1 aliphatic heterocycles. The largest absolute Gasteiger partial charge is 0.497 e. The minimum absolute atomic E-state index is 0.0448. The second-order valence-electron chi connectivity index (χ2n) is 7.53. The monoisotopic (exact) mass is 438 g/mol. The number of aryl methyl sites for hydroxylation is 2. The Balaban J connectivity index is 2.06. The Kier molecular flexibility index (Phi) is 7.41. The molecule has 7 nitrogen and oxygen atoms in total. The molecule has 1 N–H and O–H groups in total. The van der Waals surface area contributed by atoms with Gasteiger partial charge in [0.15, 0.2) is 0 Å². The van der Waals surface area contributed by atoms with Gasteiger partial charge in [-0.15, -0.1) is 0 Å². The first kappa shape index (κ1) is 23.2. The summed E-state index contributed by atoms with van der Waals surface area (Å²) in [6.45, 7) is 8.25. The van der Waals surface area contributed by atoms with Crippen LogP contribution in [0, 0.1) is 13.8 Å². The van der Waals surface area contributed by atoms with Crippen molar-refractivity contribution < 1.29 is 23.8 Å². The van der Waals surface area contributed by atoms with Crippen molar-refractivity contribution in [3.63, 3.8) is 0 Å². The van der Waals surface area contributed by atoms with Gasteiger partial charge < -0.3 is 19.5 Å². The zero-order valence-electron chi connectivity index (χ0n) is 19.2. The molecule has 1 heterocycles. The number of methoxy groups -OCH3 is 1. The van der Waals surface area contributed by atoms with Crippen molar-refractivity contribution in [1.29, 1.82) is 0 Å². The first-order valence-electron chi connectivity index (χ1n) is 10.7. The van der Waals surface area contributed by atoms with E-state index in [2.05, 4.69) is 5.32 Å². The van der Waals surface area contributed by atoms with Gasteiger partial charge in [0.25, 0.3) is 0 Å². The SMILES string of the molecule is CCOC(=O)C1=C(COc2ccc(OC)cc2)N(CC)C(=O)NC1c1ccc(C)cc1C. The van der Waals surface area contributed by atoms with E-state index < -0.39 is 12.0 Å². The minimum Gasteiger partial charge on any atom is -0.497 e. The van der Waals surface area contributed by atoms with E-state index in [0.29, 0.717) is 29.3 Å². The van der Waals surface area contributed by atoms with Crippen LogP contribution in [0.5, 0.6) is 11.5 Å². The second-order valence-corrected chi connectivity index (χ2v) is 7.53. The molecule has 2 aromatic rings. The van der Waals surface area contributed by atoms with Crippen molar-refractivity contribution >= 4 is 12.0 Å². The van der Waals surface area contributed by atoms with E-state index >= 15 is 0 Å². The summed E-state index contributed by atoms with van der Waals surface area (Å²) in [6.07, 6.45) is 0. The molecule has 0 radical (unpaired) electrons. The van der Waals surface area contributed by atoms with Gasteiger partial charge in [0.1, 0.15) is 18.1 Å². The van der Waals surface area contributed by atoms with Gasteiger partial charge in [-0.1, -0.05) is 23.8 Å². The molecule has 7 heteroatoms. The maximum Gasteiger partial charge on any atom is 0.338 e. The number of hydrogen-bond acceptors (Lipinski definition) is 5. The van der Waals surface area contributed by atoms with Gasteiger partial charge in [-0.05, 0) is 63.1 Å². The molecule has 0 bridgehead atoms. The zero-order valence-corrected chi connectivity index (χ0v) is 19.2. The Labute approximate surface area is 189 Å². The highest BCUT2D eigenvalue weighted by atomic mass is 16.5. The van der Waals surface area contributed by atoms with Crippen LogP contribution in [0.25, 0.3) is 0 Å². The third kappa shape index (κ3) is 4.88. The Bertz CT molecular complexity index is 1010. The van der Waals surface area contributed by atoms with Crippen molar-refractivity contribution in [2.75, 3.05) is 26.9 Å². The first-order chi connectivity index (χ1) is 15.4. The zero-order chi connectivity index (χ0) is 23.3. The maximum absolute atomic E-state index is 13.1. The lowest BCUT2D eigenvalue weighted by Crippen LogP contribution is -2.49. The molecular weight excluding hydrogens is 408 g/mol. The molecule has 1 atom stereocenters. The fourth-order valence-electron chi connectivity index (χ4n) is 3.85. The van der Waals surface area contributed by atoms with Crippen LogP contribution < -0.4 is 14.8 Å². The molecule has 1 unspecified atom stereocenters. The van der Waals surface area contributed by atoms with E-state index in [-0.39, 0.29) is 19.2 Å². The molecule has 0 fully saturated rings. The standard InChI is InChI=1S/C25H30N2O5/c1-6-27-21(15-32-19-11-9-18(30-5)10-12-19)22(24(28)31-7-2)23(26-25(27)29)20-13-8-16(3)14-17(20)4/h8-14,23H,6-7,15H2,1-5H3,(H,26,29). The van der Waals surface area contributed by atoms with Gasteiger partial charge in [0.2, 0.25) is 0 Å². The molecule has 32 heavy (non-hydrogen) atoms. The van der Waals surface area contributed by atoms with Crippen molar-refractivity contribution in [3.05, 3.63) is 70.4 Å². The van der Waals surface area contributed by atoms with Gasteiger partial charge in [0, 0.05) is 6.54 Å². The number of ether oxygens (including phenoxy) is 3. The van der Waals surface area contributed by atoms with Crippen LogP contribution in [-0.2, 0) is 9.53 Å². The summed E-state index contributed by atoms with van der Waals surface area (Å²) in [4.78, 5) is 27.6. The number of esters is 1. The van der Waals surface area contributed by atoms with E-state index in [4.69, 9.17) is 14.2 Å². The van der Waals surface area contributed by atoms with Gasteiger partial charge in [0.05, 0.1) is 31.0 Å². The highest BCUT2D eigenvalue weighted by Crippen LogP contribution is 2.34. The summed E-state index contributed by atoms with van der Waals surface area (Å²) in [5.74, 6) is 0.849. The minimum atomic E-state index is -0.626. The number of carbonyl (C=O) groups excluding carboxylic acids is 2. The maximum atomic E-state index is 13.1. The quantitative estimate of drug-likeness (QED) is 0.622. The summed E-state index contributed by atoms with van der Waals surface area (Å²) >= 11 is 0. The average molecular weight is 439 g/mol. The van der Waals surface area contributed by atoms with Crippen LogP contribution in [0.4, 0.5) is 4.79 Å². The van der Waals surface area contributed by atoms with Gasteiger partial charge in [-0.25, -0.2) is 9.59 Å². The van der Waals surface area contributed by atoms with Gasteiger partial charge >= 0.3 is 12.0 Å². The third-order valence-electron chi connectivity index (χ3n) is 5.42. The number of rotatable bonds is 8. The summed E-state index contributed by atoms with van der Waals surface area (Å²) in [6, 6.07) is 12.2. The number of nitrogens with one attached hydrogen (secondary N) is 1. The van der Waals surface area contributed by atoms with E-state index in [1.54, 1.807) is 38.3 Å². The average Bonchev–Trinajstić information content (AvgIpc) is 2.77. The van der Waals surface area contributed by atoms with Crippen molar-refractivity contribution in [1.82, 2.24) is 10.2 Å². The lowest BCUT2D eigenvalue weighted by molar-refractivity contribution is -0.139. The molecule has 0 spiro atoms. The molecular formula is C25H30N2O5. The van der Waals surface area contributed by atoms with Crippen LogP contribution in [0.3, 0.4) is 0 Å². The number of carbonyl (C=O) groups is 2. The fraction of sp³-hybridized carbons (Fsp3) is 0.360. The summed E-state index contributed by atoms with van der Waals surface area (Å²) < 4.78 is 16.5. The smallest absolute Gasteiger partial charge is 0.338 e. The molecule has 0 aliphatic carbocycles. The Morgan fingerprint density at radius 3 is 2.34 bits per heavy atom. The van der Waals surface area contributed by atoms with Crippen molar-refractivity contribution in [3.8, 4) is 11.5 Å². The highest BCUT2D eigenvalue weighted by molar-refractivity contribution is 5.95. The molecule has 170 valence electrons. The van der Waals surface area contributed by atoms with Gasteiger partial charge in [-0.3, -0.25) is 4.90 Å². The molecule has 2 aromatic carbocycles. The predicted octanol–water partition coefficient (Wildman–Crippen LogP) is 4.29. The second kappa shape index (κ2) is 10.2. The molecule has 0 aromatic heterocycles. The number of likely N-dealkylation sites (N-methyl/N-ethyl adjacent to an activating group) is 1. The van der Waals surface area contributed by atoms with Crippen molar-refractivity contribution in [2.24, 2.45) is 0 Å². The molecule has 0 saturated carbocycles. The molecule has 2 amide bonds. The number of urea groups is 1. The lowest BCUT2D eigenvalue weighted by Gasteiger charge is -2.36.